The molecular formula is C20H29Cl2NO3. The van der Waals surface area contributed by atoms with E-state index in [1.54, 1.807) is 12.3 Å². The Morgan fingerprint density at radius 3 is 2.19 bits per heavy atom. The zero-order chi connectivity index (χ0) is 19.6. The minimum absolute atomic E-state index is 0.202. The molecule has 0 saturated carbocycles. The van der Waals surface area contributed by atoms with Crippen LogP contribution in [0.15, 0.2) is 27.9 Å². The Kier molecular flexibility index (Phi) is 9.89. The van der Waals surface area contributed by atoms with Crippen molar-refractivity contribution < 1.29 is 14.3 Å². The van der Waals surface area contributed by atoms with Gasteiger partial charge < -0.3 is 14.3 Å². The molecule has 26 heavy (non-hydrogen) atoms. The number of aryl methyl sites for hydroxylation is 2. The summed E-state index contributed by atoms with van der Waals surface area (Å²) < 4.78 is 11.9. The molecule has 146 valence electrons. The van der Waals surface area contributed by atoms with Crippen molar-refractivity contribution in [1.29, 1.82) is 0 Å². The maximum absolute atomic E-state index is 6.02. The summed E-state index contributed by atoms with van der Waals surface area (Å²) in [5.41, 5.74) is 1.95. The lowest BCUT2D eigenvalue weighted by molar-refractivity contribution is 0.00148. The monoisotopic (exact) mass is 401 g/mol. The van der Waals surface area contributed by atoms with Crippen molar-refractivity contribution in [2.24, 2.45) is 5.16 Å². The molecule has 0 N–H and O–H groups in total. The molecule has 0 aliphatic heterocycles. The molecule has 0 unspecified atom stereocenters. The van der Waals surface area contributed by atoms with Crippen LogP contribution in [0.25, 0.3) is 0 Å². The van der Waals surface area contributed by atoms with E-state index in [2.05, 4.69) is 19.0 Å². The smallest absolute Gasteiger partial charge is 0.129 e. The highest BCUT2D eigenvalue weighted by Gasteiger charge is 2.12. The van der Waals surface area contributed by atoms with Crippen molar-refractivity contribution in [2.45, 2.75) is 59.5 Å². The molecule has 0 spiro atoms. The molecule has 0 bridgehead atoms. The predicted octanol–water partition coefficient (Wildman–Crippen LogP) is 6.08. The van der Waals surface area contributed by atoms with E-state index in [9.17, 15) is 0 Å². The van der Waals surface area contributed by atoms with Crippen molar-refractivity contribution >= 4 is 29.4 Å². The molecule has 0 amide bonds. The highest BCUT2D eigenvalue weighted by molar-refractivity contribution is 6.55. The molecule has 4 nitrogen and oxygen atoms in total. The summed E-state index contributed by atoms with van der Waals surface area (Å²) in [5, 5.41) is 3.97. The maximum Gasteiger partial charge on any atom is 0.129 e. The summed E-state index contributed by atoms with van der Waals surface area (Å²) in [6.07, 6.45) is 5.74. The van der Waals surface area contributed by atoms with Crippen molar-refractivity contribution in [3.8, 4) is 11.5 Å². The zero-order valence-corrected chi connectivity index (χ0v) is 17.8. The Morgan fingerprint density at radius 1 is 1.08 bits per heavy atom. The summed E-state index contributed by atoms with van der Waals surface area (Å²) in [7, 11) is 0. The normalized spacial score (nSPS) is 11.5. The summed E-state index contributed by atoms with van der Waals surface area (Å²) >= 11 is 11.2. The molecule has 1 aromatic rings. The minimum atomic E-state index is -0.277. The third-order valence-electron chi connectivity index (χ3n) is 3.36. The molecule has 1 rings (SSSR count). The summed E-state index contributed by atoms with van der Waals surface area (Å²) in [6, 6.07) is 4.00. The van der Waals surface area contributed by atoms with E-state index in [0.717, 1.165) is 35.5 Å². The maximum atomic E-state index is 6.02. The van der Waals surface area contributed by atoms with E-state index in [4.69, 9.17) is 37.5 Å². The molecule has 0 heterocycles. The van der Waals surface area contributed by atoms with Crippen molar-refractivity contribution in [3.63, 3.8) is 0 Å². The van der Waals surface area contributed by atoms with Crippen LogP contribution >= 0.6 is 23.2 Å². The number of halogens is 2. The molecule has 0 aromatic heterocycles. The number of hydrogen-bond acceptors (Lipinski definition) is 4. The van der Waals surface area contributed by atoms with Crippen molar-refractivity contribution in [3.05, 3.63) is 33.8 Å². The van der Waals surface area contributed by atoms with E-state index in [1.807, 2.05) is 32.9 Å². The second-order valence-electron chi connectivity index (χ2n) is 6.71. The van der Waals surface area contributed by atoms with Crippen LogP contribution in [0.4, 0.5) is 0 Å². The van der Waals surface area contributed by atoms with Gasteiger partial charge in [-0.25, -0.2) is 0 Å². The van der Waals surface area contributed by atoms with Crippen LogP contribution in [0.3, 0.4) is 0 Å². The molecule has 0 saturated heterocycles. The van der Waals surface area contributed by atoms with Crippen LogP contribution in [0.5, 0.6) is 11.5 Å². The van der Waals surface area contributed by atoms with Crippen molar-refractivity contribution in [2.75, 3.05) is 13.2 Å². The van der Waals surface area contributed by atoms with Gasteiger partial charge in [0.2, 0.25) is 0 Å². The van der Waals surface area contributed by atoms with Gasteiger partial charge in [-0.05, 0) is 62.9 Å². The molecule has 0 aliphatic carbocycles. The van der Waals surface area contributed by atoms with Gasteiger partial charge in [-0.1, -0.05) is 42.2 Å². The lowest BCUT2D eigenvalue weighted by Crippen LogP contribution is -2.15. The number of hydrogen-bond donors (Lipinski definition) is 0. The number of rotatable bonds is 10. The second kappa shape index (κ2) is 11.3. The van der Waals surface area contributed by atoms with Crippen LogP contribution in [0, 0.1) is 0 Å². The van der Waals surface area contributed by atoms with Crippen molar-refractivity contribution in [1.82, 2.24) is 0 Å². The molecule has 6 heteroatoms. The molecule has 0 fully saturated rings. The van der Waals surface area contributed by atoms with Gasteiger partial charge in [-0.3, -0.25) is 0 Å². The van der Waals surface area contributed by atoms with E-state index >= 15 is 0 Å². The lowest BCUT2D eigenvalue weighted by Gasteiger charge is -2.17. The van der Waals surface area contributed by atoms with Gasteiger partial charge in [0.15, 0.2) is 0 Å². The standard InChI is InChI=1S/C20H29Cl2NO3/c1-6-15-13-17(24-12-9-18(21)22)14-16(7-2)19(15)25-11-8-10-23-26-20(3,4)5/h9-10,13-14H,6-8,11-12H2,1-5H3. The Hall–Kier alpha value is -1.39. The van der Waals surface area contributed by atoms with Crippen LogP contribution in [0.2, 0.25) is 0 Å². The zero-order valence-electron chi connectivity index (χ0n) is 16.3. The Balaban J connectivity index is 2.73. The molecular weight excluding hydrogens is 373 g/mol. The second-order valence-corrected chi connectivity index (χ2v) is 7.72. The minimum Gasteiger partial charge on any atom is -0.493 e. The third-order valence-corrected chi connectivity index (χ3v) is 3.67. The molecule has 1 aromatic carbocycles. The van der Waals surface area contributed by atoms with E-state index in [0.29, 0.717) is 19.6 Å². The first-order chi connectivity index (χ1) is 12.3. The third kappa shape index (κ3) is 8.81. The van der Waals surface area contributed by atoms with E-state index in [1.165, 1.54) is 0 Å². The summed E-state index contributed by atoms with van der Waals surface area (Å²) in [5.74, 6) is 1.72. The largest absolute Gasteiger partial charge is 0.493 e. The van der Waals surface area contributed by atoms with Gasteiger partial charge >= 0.3 is 0 Å². The molecule has 0 atom stereocenters. The average Bonchev–Trinajstić information content (AvgIpc) is 2.56. The van der Waals surface area contributed by atoms with Gasteiger partial charge in [0.25, 0.3) is 0 Å². The number of oxime groups is 1. The Morgan fingerprint density at radius 2 is 1.69 bits per heavy atom. The lowest BCUT2D eigenvalue weighted by atomic mass is 10.0. The van der Waals surface area contributed by atoms with Gasteiger partial charge in [-0.2, -0.15) is 0 Å². The fourth-order valence-corrected chi connectivity index (χ4v) is 2.31. The van der Waals surface area contributed by atoms with Gasteiger partial charge in [0, 0.05) is 12.6 Å². The fourth-order valence-electron chi connectivity index (χ4n) is 2.18. The van der Waals surface area contributed by atoms with E-state index < -0.39 is 0 Å². The SMILES string of the molecule is CCc1cc(OCC=C(Cl)Cl)cc(CC)c1OCCC=NOC(C)(C)C. The van der Waals surface area contributed by atoms with Crippen LogP contribution in [0.1, 0.15) is 52.2 Å². The number of benzene rings is 1. The highest BCUT2D eigenvalue weighted by Crippen LogP contribution is 2.31. The van der Waals surface area contributed by atoms with Gasteiger partial charge in [0.1, 0.15) is 28.2 Å². The molecule has 0 radical (unpaired) electrons. The topological polar surface area (TPSA) is 40.0 Å². The van der Waals surface area contributed by atoms with Crippen LogP contribution in [-0.4, -0.2) is 25.0 Å². The summed E-state index contributed by atoms with van der Waals surface area (Å²) in [6.45, 7) is 11.0. The van der Waals surface area contributed by atoms with Gasteiger partial charge in [-0.15, -0.1) is 0 Å². The Labute approximate surface area is 167 Å². The highest BCUT2D eigenvalue weighted by atomic mass is 35.5. The molecule has 0 aliphatic rings. The quantitative estimate of drug-likeness (QED) is 0.271. The average molecular weight is 402 g/mol. The van der Waals surface area contributed by atoms with E-state index in [-0.39, 0.29) is 10.1 Å². The Bertz CT molecular complexity index is 593. The van der Waals surface area contributed by atoms with Gasteiger partial charge in [0.05, 0.1) is 6.61 Å². The summed E-state index contributed by atoms with van der Waals surface area (Å²) in [4.78, 5) is 5.32. The first-order valence-electron chi connectivity index (χ1n) is 8.89. The van der Waals surface area contributed by atoms with Crippen LogP contribution < -0.4 is 9.47 Å². The number of ether oxygens (including phenoxy) is 2. The fraction of sp³-hybridized carbons (Fsp3) is 0.550. The first-order valence-corrected chi connectivity index (χ1v) is 9.65. The predicted molar refractivity (Wildman–Crippen MR) is 110 cm³/mol. The van der Waals surface area contributed by atoms with Crippen LogP contribution in [-0.2, 0) is 17.7 Å². The number of nitrogens with zero attached hydrogens (tertiary/aromatic N) is 1. The first kappa shape index (κ1) is 22.7.